The largest absolute Gasteiger partial charge is 0.508 e. The first kappa shape index (κ1) is 27.4. The van der Waals surface area contributed by atoms with Gasteiger partial charge in [0.25, 0.3) is 0 Å². The van der Waals surface area contributed by atoms with Gasteiger partial charge in [0.05, 0.1) is 6.42 Å². The number of phenolic OH excluding ortho intramolecular Hbond substituents is 1. The van der Waals surface area contributed by atoms with E-state index in [4.69, 9.17) is 0 Å². The van der Waals surface area contributed by atoms with Gasteiger partial charge in [-0.1, -0.05) is 66.7 Å². The van der Waals surface area contributed by atoms with Crippen LogP contribution in [0.15, 0.2) is 97.2 Å². The number of hydrogen-bond donors (Lipinski definition) is 4. The number of carbonyl (C=O) groups excluding carboxylic acids is 1. The molecule has 200 valence electrons. The molecule has 0 saturated heterocycles. The maximum atomic E-state index is 12.5. The van der Waals surface area contributed by atoms with Crippen LogP contribution in [-0.4, -0.2) is 39.7 Å². The zero-order chi connectivity index (χ0) is 27.5. The number of aromatic nitrogens is 1. The number of amides is 1. The van der Waals surface area contributed by atoms with Crippen LogP contribution in [-0.2, 0) is 28.9 Å². The van der Waals surface area contributed by atoms with Gasteiger partial charge in [0, 0.05) is 24.7 Å². The van der Waals surface area contributed by atoms with Crippen molar-refractivity contribution in [1.29, 1.82) is 0 Å². The number of carboxylic acid groups (broad SMARTS) is 1. The standard InChI is InChI=1S/C32H33N3O4/c36-27-17-16-26(22-29(32(38)39)35-30(37)20-23-10-3-1-4-11-23)25(21-27)14-7-8-18-33-31-28(15-9-19-34-31)24-12-5-2-6-13-24/h1-6,9-13,15-17,19,21,29,36H,7-8,14,18,20,22H2,(H,33,34)(H,35,37)(H,38,39)/t29-/m0/s1. The fourth-order valence-electron chi connectivity index (χ4n) is 4.53. The number of aromatic hydroxyl groups is 1. The highest BCUT2D eigenvalue weighted by molar-refractivity contribution is 5.85. The summed E-state index contributed by atoms with van der Waals surface area (Å²) in [5.74, 6) is -0.473. The van der Waals surface area contributed by atoms with Crippen LogP contribution in [0.5, 0.6) is 5.75 Å². The molecule has 7 heteroatoms. The third kappa shape index (κ3) is 8.17. The number of hydrogen-bond acceptors (Lipinski definition) is 5. The summed E-state index contributed by atoms with van der Waals surface area (Å²) in [6, 6.07) is 27.2. The van der Waals surface area contributed by atoms with Crippen molar-refractivity contribution < 1.29 is 19.8 Å². The van der Waals surface area contributed by atoms with Crippen molar-refractivity contribution >= 4 is 17.7 Å². The van der Waals surface area contributed by atoms with Crippen LogP contribution >= 0.6 is 0 Å². The summed E-state index contributed by atoms with van der Waals surface area (Å²) in [5, 5.41) is 25.9. The highest BCUT2D eigenvalue weighted by Gasteiger charge is 2.22. The quantitative estimate of drug-likeness (QED) is 0.178. The summed E-state index contributed by atoms with van der Waals surface area (Å²) < 4.78 is 0. The van der Waals surface area contributed by atoms with Crippen LogP contribution in [0.2, 0.25) is 0 Å². The molecule has 0 spiro atoms. The molecule has 1 atom stereocenters. The number of benzene rings is 3. The van der Waals surface area contributed by atoms with Crippen molar-refractivity contribution in [2.45, 2.75) is 38.1 Å². The molecule has 4 rings (SSSR count). The lowest BCUT2D eigenvalue weighted by Crippen LogP contribution is -2.43. The summed E-state index contributed by atoms with van der Waals surface area (Å²) in [6.45, 7) is 0.721. The van der Waals surface area contributed by atoms with E-state index in [1.54, 1.807) is 24.4 Å². The van der Waals surface area contributed by atoms with E-state index in [-0.39, 0.29) is 24.5 Å². The average molecular weight is 524 g/mol. The predicted octanol–water partition coefficient (Wildman–Crippen LogP) is 5.24. The number of pyridine rings is 1. The molecule has 4 N–H and O–H groups in total. The summed E-state index contributed by atoms with van der Waals surface area (Å²) in [7, 11) is 0. The molecule has 0 saturated carbocycles. The fourth-order valence-corrected chi connectivity index (χ4v) is 4.53. The molecule has 0 unspecified atom stereocenters. The van der Waals surface area contributed by atoms with Crippen molar-refractivity contribution in [2.24, 2.45) is 0 Å². The maximum absolute atomic E-state index is 12.5. The van der Waals surface area contributed by atoms with Gasteiger partial charge >= 0.3 is 5.97 Å². The van der Waals surface area contributed by atoms with Gasteiger partial charge in [-0.25, -0.2) is 9.78 Å². The van der Waals surface area contributed by atoms with Gasteiger partial charge < -0.3 is 20.8 Å². The molecular weight excluding hydrogens is 490 g/mol. The van der Waals surface area contributed by atoms with E-state index in [1.807, 2.05) is 60.7 Å². The normalized spacial score (nSPS) is 11.5. The zero-order valence-electron chi connectivity index (χ0n) is 21.7. The first-order valence-corrected chi connectivity index (χ1v) is 13.1. The minimum absolute atomic E-state index is 0.113. The smallest absolute Gasteiger partial charge is 0.326 e. The number of carbonyl (C=O) groups is 2. The van der Waals surface area contributed by atoms with Gasteiger partial charge in [-0.15, -0.1) is 0 Å². The lowest BCUT2D eigenvalue weighted by Gasteiger charge is -2.17. The van der Waals surface area contributed by atoms with Crippen molar-refractivity contribution in [3.05, 3.63) is 114 Å². The molecule has 0 fully saturated rings. The number of aliphatic carboxylic acids is 1. The van der Waals surface area contributed by atoms with Crippen LogP contribution in [0.4, 0.5) is 5.82 Å². The van der Waals surface area contributed by atoms with Crippen LogP contribution in [0.25, 0.3) is 11.1 Å². The Labute approximate surface area is 228 Å². The molecule has 3 aromatic carbocycles. The van der Waals surface area contributed by atoms with E-state index < -0.39 is 12.0 Å². The highest BCUT2D eigenvalue weighted by atomic mass is 16.4. The Morgan fingerprint density at radius 1 is 0.846 bits per heavy atom. The molecule has 39 heavy (non-hydrogen) atoms. The molecule has 0 aliphatic carbocycles. The van der Waals surface area contributed by atoms with Gasteiger partial charge in [-0.2, -0.15) is 0 Å². The van der Waals surface area contributed by atoms with E-state index >= 15 is 0 Å². The number of phenols is 1. The molecular formula is C32H33N3O4. The fraction of sp³-hybridized carbons (Fsp3) is 0.219. The van der Waals surface area contributed by atoms with E-state index in [1.165, 1.54) is 0 Å². The molecule has 7 nitrogen and oxygen atoms in total. The molecule has 1 aromatic heterocycles. The van der Waals surface area contributed by atoms with Gasteiger partial charge in [-0.05, 0) is 65.8 Å². The van der Waals surface area contributed by atoms with Crippen LogP contribution in [0.3, 0.4) is 0 Å². The average Bonchev–Trinajstić information content (AvgIpc) is 2.95. The number of anilines is 1. The van der Waals surface area contributed by atoms with Crippen LogP contribution < -0.4 is 10.6 Å². The number of nitrogens with one attached hydrogen (secondary N) is 2. The molecule has 0 bridgehead atoms. The molecule has 1 amide bonds. The van der Waals surface area contributed by atoms with Gasteiger partial charge in [0.2, 0.25) is 5.91 Å². The first-order valence-electron chi connectivity index (χ1n) is 13.1. The minimum Gasteiger partial charge on any atom is -0.508 e. The van der Waals surface area contributed by atoms with Crippen molar-refractivity contribution in [3.63, 3.8) is 0 Å². The van der Waals surface area contributed by atoms with E-state index in [0.29, 0.717) is 6.42 Å². The monoisotopic (exact) mass is 523 g/mol. The zero-order valence-corrected chi connectivity index (χ0v) is 21.7. The van der Waals surface area contributed by atoms with Gasteiger partial charge in [0.15, 0.2) is 0 Å². The number of unbranched alkanes of at least 4 members (excludes halogenated alkanes) is 1. The van der Waals surface area contributed by atoms with Crippen LogP contribution in [0, 0.1) is 0 Å². The summed E-state index contributed by atoms with van der Waals surface area (Å²) in [5.41, 5.74) is 4.63. The Bertz CT molecular complexity index is 1380. The summed E-state index contributed by atoms with van der Waals surface area (Å²) >= 11 is 0. The van der Waals surface area contributed by atoms with Crippen molar-refractivity contribution in [2.75, 3.05) is 11.9 Å². The van der Waals surface area contributed by atoms with E-state index in [9.17, 15) is 19.8 Å². The summed E-state index contributed by atoms with van der Waals surface area (Å²) in [4.78, 5) is 29.0. The maximum Gasteiger partial charge on any atom is 0.326 e. The number of carboxylic acids is 1. The first-order chi connectivity index (χ1) is 19.0. The molecule has 0 aliphatic rings. The second-order valence-corrected chi connectivity index (χ2v) is 9.43. The van der Waals surface area contributed by atoms with Crippen LogP contribution in [0.1, 0.15) is 29.5 Å². The summed E-state index contributed by atoms with van der Waals surface area (Å²) in [6.07, 6.45) is 4.38. The number of nitrogens with zero attached hydrogens (tertiary/aromatic N) is 1. The minimum atomic E-state index is -1.09. The number of rotatable bonds is 13. The highest BCUT2D eigenvalue weighted by Crippen LogP contribution is 2.26. The Morgan fingerprint density at radius 3 is 2.33 bits per heavy atom. The lowest BCUT2D eigenvalue weighted by atomic mass is 9.96. The second-order valence-electron chi connectivity index (χ2n) is 9.43. The van der Waals surface area contributed by atoms with Crippen molar-refractivity contribution in [3.8, 4) is 16.9 Å². The molecule has 4 aromatic rings. The van der Waals surface area contributed by atoms with E-state index in [2.05, 4.69) is 27.8 Å². The Balaban J connectivity index is 1.33. The van der Waals surface area contributed by atoms with E-state index in [0.717, 1.165) is 53.0 Å². The Morgan fingerprint density at radius 2 is 1.59 bits per heavy atom. The third-order valence-electron chi connectivity index (χ3n) is 6.51. The van der Waals surface area contributed by atoms with Gasteiger partial charge in [0.1, 0.15) is 17.6 Å². The number of aryl methyl sites for hydroxylation is 1. The molecule has 0 aliphatic heterocycles. The molecule has 0 radical (unpaired) electrons. The molecule has 1 heterocycles. The predicted molar refractivity (Wildman–Crippen MR) is 153 cm³/mol. The Kier molecular flexibility index (Phi) is 9.67. The Hall–Kier alpha value is -4.65. The lowest BCUT2D eigenvalue weighted by molar-refractivity contribution is -0.141. The third-order valence-corrected chi connectivity index (χ3v) is 6.51. The second kappa shape index (κ2) is 13.8. The van der Waals surface area contributed by atoms with Crippen molar-refractivity contribution in [1.82, 2.24) is 10.3 Å². The topological polar surface area (TPSA) is 112 Å². The van der Waals surface area contributed by atoms with Gasteiger partial charge in [-0.3, -0.25) is 4.79 Å². The SMILES string of the molecule is O=C(Cc1ccccc1)N[C@@H](Cc1ccc(O)cc1CCCCNc1ncccc1-c1ccccc1)C(=O)O.